The number of rotatable bonds is 1. The largest absolute Gasteiger partial charge is 0.388 e. The number of aliphatic hydroxyl groups is 1. The van der Waals surface area contributed by atoms with Crippen LogP contribution in [0.5, 0.6) is 0 Å². The van der Waals surface area contributed by atoms with Gasteiger partial charge in [0, 0.05) is 0 Å². The fourth-order valence-corrected chi connectivity index (χ4v) is 6.64. The molecule has 0 heterocycles. The van der Waals surface area contributed by atoms with Gasteiger partial charge in [-0.1, -0.05) is 32.1 Å². The predicted molar refractivity (Wildman–Crippen MR) is 77.7 cm³/mol. The van der Waals surface area contributed by atoms with Gasteiger partial charge in [0.05, 0.1) is 17.1 Å². The molecule has 0 saturated heterocycles. The van der Waals surface area contributed by atoms with Crippen molar-refractivity contribution in [2.24, 2.45) is 29.1 Å². The summed E-state index contributed by atoms with van der Waals surface area (Å²) in [5.41, 5.74) is -1.07. The van der Waals surface area contributed by atoms with Gasteiger partial charge in [-0.15, -0.1) is 0 Å². The third-order valence-corrected chi connectivity index (χ3v) is 7.49. The Hall–Kier alpha value is -0.550. The number of fused-ring (bicyclic) bond motifs is 5. The molecule has 4 aliphatic carbocycles. The maximum atomic E-state index is 11.6. The van der Waals surface area contributed by atoms with Crippen LogP contribution in [0.15, 0.2) is 0 Å². The van der Waals surface area contributed by atoms with Crippen molar-refractivity contribution >= 4 is 0 Å². The second-order valence-electron chi connectivity index (χ2n) is 8.10. The zero-order valence-electron chi connectivity index (χ0n) is 12.5. The lowest BCUT2D eigenvalue weighted by atomic mass is 9.58. The predicted octanol–water partition coefficient (Wildman–Crippen LogP) is 4.04. The summed E-state index contributed by atoms with van der Waals surface area (Å²) in [7, 11) is 0. The molecule has 2 bridgehead atoms. The zero-order valence-corrected chi connectivity index (χ0v) is 12.5. The van der Waals surface area contributed by atoms with Crippen molar-refractivity contribution in [1.29, 1.82) is 5.26 Å². The first kappa shape index (κ1) is 13.1. The van der Waals surface area contributed by atoms with Gasteiger partial charge in [-0.25, -0.2) is 0 Å². The molecule has 4 fully saturated rings. The van der Waals surface area contributed by atoms with Crippen LogP contribution in [0.3, 0.4) is 0 Å². The summed E-state index contributed by atoms with van der Waals surface area (Å²) >= 11 is 0. The molecule has 0 spiro atoms. The van der Waals surface area contributed by atoms with Crippen molar-refractivity contribution in [3.63, 3.8) is 0 Å². The molecule has 0 radical (unpaired) electrons. The topological polar surface area (TPSA) is 44.0 Å². The van der Waals surface area contributed by atoms with E-state index in [1.807, 2.05) is 0 Å². The van der Waals surface area contributed by atoms with Crippen molar-refractivity contribution in [2.45, 2.75) is 76.2 Å². The minimum absolute atomic E-state index is 0.420. The highest BCUT2D eigenvalue weighted by Crippen LogP contribution is 2.67. The Labute approximate surface area is 122 Å². The number of hydrogen-bond acceptors (Lipinski definition) is 2. The summed E-state index contributed by atoms with van der Waals surface area (Å²) in [6.45, 7) is 0. The average molecular weight is 273 g/mol. The van der Waals surface area contributed by atoms with Gasteiger partial charge in [-0.2, -0.15) is 5.26 Å². The molecule has 0 aliphatic heterocycles. The quantitative estimate of drug-likeness (QED) is 0.733. The van der Waals surface area contributed by atoms with E-state index in [-0.39, 0.29) is 0 Å². The first-order valence-electron chi connectivity index (χ1n) is 8.84. The normalized spacial score (nSPS) is 49.6. The van der Waals surface area contributed by atoms with Crippen molar-refractivity contribution < 1.29 is 5.11 Å². The number of nitriles is 1. The Balaban J connectivity index is 1.68. The van der Waals surface area contributed by atoms with E-state index < -0.39 is 11.0 Å². The summed E-state index contributed by atoms with van der Waals surface area (Å²) in [5, 5.41) is 21.6. The molecule has 5 unspecified atom stereocenters. The van der Waals surface area contributed by atoms with E-state index in [9.17, 15) is 10.4 Å². The minimum Gasteiger partial charge on any atom is -0.388 e. The van der Waals surface area contributed by atoms with Gasteiger partial charge in [-0.05, 0) is 62.2 Å². The van der Waals surface area contributed by atoms with E-state index in [1.54, 1.807) is 0 Å². The van der Waals surface area contributed by atoms with E-state index in [0.29, 0.717) is 5.92 Å². The van der Waals surface area contributed by atoms with Crippen molar-refractivity contribution in [2.75, 3.05) is 0 Å². The highest BCUT2D eigenvalue weighted by atomic mass is 16.3. The first-order chi connectivity index (χ1) is 9.70. The fraction of sp³-hybridized carbons (Fsp3) is 0.944. The maximum Gasteiger partial charge on any atom is 0.0866 e. The third-order valence-electron chi connectivity index (χ3n) is 7.49. The SMILES string of the molecule is N#CC1(C2(O)CC3CC2C2CCCC32)CCCCCC1. The van der Waals surface area contributed by atoms with Crippen LogP contribution in [0.2, 0.25) is 0 Å². The Bertz CT molecular complexity index is 431. The van der Waals surface area contributed by atoms with Gasteiger partial charge in [-0.3, -0.25) is 0 Å². The molecule has 0 amide bonds. The van der Waals surface area contributed by atoms with E-state index in [2.05, 4.69) is 6.07 Å². The van der Waals surface area contributed by atoms with E-state index in [4.69, 9.17) is 0 Å². The monoisotopic (exact) mass is 273 g/mol. The molecule has 0 aromatic carbocycles. The molecule has 5 atom stereocenters. The summed E-state index contributed by atoms with van der Waals surface area (Å²) in [5.74, 6) is 2.80. The molecule has 2 nitrogen and oxygen atoms in total. The molecule has 2 heteroatoms. The Kier molecular flexibility index (Phi) is 2.94. The standard InChI is InChI=1S/C18H27NO/c19-12-17(8-3-1-2-4-9-17)18(20)11-13-10-16(18)15-7-5-6-14(13)15/h13-16,20H,1-11H2. The Morgan fingerprint density at radius 1 is 0.950 bits per heavy atom. The zero-order chi connectivity index (χ0) is 13.8. The summed E-state index contributed by atoms with van der Waals surface area (Å²) in [6, 6.07) is 2.65. The summed E-state index contributed by atoms with van der Waals surface area (Å²) < 4.78 is 0. The highest BCUT2D eigenvalue weighted by Gasteiger charge is 2.67. The maximum absolute atomic E-state index is 11.6. The number of nitrogens with zero attached hydrogens (tertiary/aromatic N) is 1. The van der Waals surface area contributed by atoms with Crippen molar-refractivity contribution in [3.8, 4) is 6.07 Å². The van der Waals surface area contributed by atoms with Gasteiger partial charge in [0.2, 0.25) is 0 Å². The van der Waals surface area contributed by atoms with Gasteiger partial charge < -0.3 is 5.11 Å². The first-order valence-corrected chi connectivity index (χ1v) is 8.84. The van der Waals surface area contributed by atoms with Crippen molar-refractivity contribution in [3.05, 3.63) is 0 Å². The summed E-state index contributed by atoms with van der Waals surface area (Å²) in [4.78, 5) is 0. The fourth-order valence-electron chi connectivity index (χ4n) is 6.64. The molecular formula is C18H27NO. The van der Waals surface area contributed by atoms with Crippen LogP contribution in [0.4, 0.5) is 0 Å². The van der Waals surface area contributed by atoms with Crippen LogP contribution in [0, 0.1) is 40.4 Å². The molecule has 4 saturated carbocycles. The molecule has 110 valence electrons. The van der Waals surface area contributed by atoms with E-state index >= 15 is 0 Å². The molecular weight excluding hydrogens is 246 g/mol. The molecule has 0 aromatic heterocycles. The van der Waals surface area contributed by atoms with Crippen molar-refractivity contribution in [1.82, 2.24) is 0 Å². The lowest BCUT2D eigenvalue weighted by molar-refractivity contribution is -0.125. The molecule has 1 N–H and O–H groups in total. The molecule has 4 rings (SSSR count). The van der Waals surface area contributed by atoms with Gasteiger partial charge >= 0.3 is 0 Å². The van der Waals surface area contributed by atoms with E-state index in [1.165, 1.54) is 38.5 Å². The Morgan fingerprint density at radius 3 is 2.35 bits per heavy atom. The van der Waals surface area contributed by atoms with Gasteiger partial charge in [0.25, 0.3) is 0 Å². The Morgan fingerprint density at radius 2 is 1.65 bits per heavy atom. The van der Waals surface area contributed by atoms with Gasteiger partial charge in [0.15, 0.2) is 0 Å². The third kappa shape index (κ3) is 1.54. The van der Waals surface area contributed by atoms with Crippen LogP contribution in [0.1, 0.15) is 70.6 Å². The minimum atomic E-state index is -0.651. The molecule has 0 aromatic rings. The van der Waals surface area contributed by atoms with Crippen LogP contribution in [0.25, 0.3) is 0 Å². The second kappa shape index (κ2) is 4.47. The van der Waals surface area contributed by atoms with Crippen LogP contribution >= 0.6 is 0 Å². The lowest BCUT2D eigenvalue weighted by Gasteiger charge is -2.48. The lowest BCUT2D eigenvalue weighted by Crippen LogP contribution is -2.54. The van der Waals surface area contributed by atoms with Crippen LogP contribution in [-0.4, -0.2) is 10.7 Å². The average Bonchev–Trinajstić information content (AvgIpc) is 3.06. The number of hydrogen-bond donors (Lipinski definition) is 1. The highest BCUT2D eigenvalue weighted by molar-refractivity contribution is 5.22. The van der Waals surface area contributed by atoms with E-state index in [0.717, 1.165) is 49.9 Å². The summed E-state index contributed by atoms with van der Waals surface area (Å²) in [6.07, 6.45) is 12.9. The van der Waals surface area contributed by atoms with Gasteiger partial charge in [0.1, 0.15) is 0 Å². The molecule has 4 aliphatic rings. The van der Waals surface area contributed by atoms with Crippen LogP contribution in [-0.2, 0) is 0 Å². The second-order valence-corrected chi connectivity index (χ2v) is 8.10. The molecule has 20 heavy (non-hydrogen) atoms. The smallest absolute Gasteiger partial charge is 0.0866 e. The van der Waals surface area contributed by atoms with Crippen LogP contribution < -0.4 is 0 Å².